The van der Waals surface area contributed by atoms with Crippen molar-refractivity contribution in [3.8, 4) is 34.9 Å². The molecule has 0 aliphatic heterocycles. The highest BCUT2D eigenvalue weighted by molar-refractivity contribution is 5.88. The molecule has 0 spiro atoms. The van der Waals surface area contributed by atoms with Crippen LogP contribution in [0.15, 0.2) is 180 Å². The second-order valence-electron chi connectivity index (χ2n) is 16.1. The highest BCUT2D eigenvalue weighted by Crippen LogP contribution is 2.11. The van der Waals surface area contributed by atoms with Gasteiger partial charge in [0.1, 0.15) is 91.9 Å². The molecule has 86 heavy (non-hydrogen) atoms. The van der Waals surface area contributed by atoms with Gasteiger partial charge < -0.3 is 35.2 Å². The van der Waals surface area contributed by atoms with Gasteiger partial charge in [-0.15, -0.1) is 0 Å². The van der Waals surface area contributed by atoms with Crippen LogP contribution in [0.5, 0.6) is 0 Å². The maximum Gasteiger partial charge on any atom is 0.354 e. The van der Waals surface area contributed by atoms with Crippen molar-refractivity contribution in [2.75, 3.05) is 0 Å². The van der Waals surface area contributed by atoms with E-state index < -0.39 is 35.8 Å². The maximum absolute atomic E-state index is 10.7. The fourth-order valence-electron chi connectivity index (χ4n) is 6.45. The Labute approximate surface area is 480 Å². The van der Waals surface area contributed by atoms with Crippen molar-refractivity contribution in [3.63, 3.8) is 0 Å². The monoisotopic (exact) mass is 1170 g/mol. The average molecular weight is 1170 g/mol. The predicted octanol–water partition coefficient (Wildman–Crippen LogP) is 3.38. The van der Waals surface area contributed by atoms with Crippen molar-refractivity contribution in [1.29, 1.82) is 0 Å². The van der Waals surface area contributed by atoms with Crippen LogP contribution in [0.25, 0.3) is 34.9 Å². The Hall–Kier alpha value is -13.4. The van der Waals surface area contributed by atoms with Crippen LogP contribution >= 0.6 is 0 Å². The molecule has 35 heteroatoms. The number of nitrogens with zero attached hydrogens (tertiary/aromatic N) is 23. The molecule has 0 saturated heterocycles. The molecule has 12 heterocycles. The molecule has 0 atom stereocenters. The van der Waals surface area contributed by atoms with E-state index in [0.717, 1.165) is 11.5 Å². The van der Waals surface area contributed by atoms with Crippen LogP contribution in [0.4, 0.5) is 0 Å². The topological polar surface area (TPSA) is 473 Å². The van der Waals surface area contributed by atoms with E-state index in [0.29, 0.717) is 34.9 Å². The lowest BCUT2D eigenvalue weighted by Crippen LogP contribution is -2.05. The van der Waals surface area contributed by atoms with E-state index in [-0.39, 0.29) is 34.2 Å². The molecule has 0 aromatic carbocycles. The highest BCUT2D eigenvalue weighted by Gasteiger charge is 2.12. The molecular weight excluding hydrogens is 1130 g/mol. The first kappa shape index (κ1) is 60.3. The van der Waals surface area contributed by atoms with Gasteiger partial charge in [0, 0.05) is 105 Å². The van der Waals surface area contributed by atoms with Gasteiger partial charge in [-0.2, -0.15) is 5.10 Å². The quantitative estimate of drug-likeness (QED) is 0.102. The van der Waals surface area contributed by atoms with Crippen molar-refractivity contribution in [1.82, 2.24) is 112 Å². The van der Waals surface area contributed by atoms with Gasteiger partial charge in [-0.25, -0.2) is 113 Å². The zero-order valence-corrected chi connectivity index (χ0v) is 44.2. The first-order chi connectivity index (χ1) is 41.4. The summed E-state index contributed by atoms with van der Waals surface area (Å²) >= 11 is 0. The first-order valence-corrected chi connectivity index (χ1v) is 23.9. The SMILES string of the molecule is Cc1cn(-c2cc(C(=O)O)ncn2)cn1.Cc1nccn1-c1cc(C(=O)O)ncn1.O=C(O)c1cc(-n2cccc2)ncn1.O=C(O)c1cc(-n2cccn2)ncn1.O=C(O)c1cc(-n2ccnc2)ncn1.O=C(O)c1cc(-n2ccnc2)ncn1. The van der Waals surface area contributed by atoms with Crippen molar-refractivity contribution in [3.05, 3.63) is 225 Å². The molecule has 0 bridgehead atoms. The van der Waals surface area contributed by atoms with Gasteiger partial charge in [0.25, 0.3) is 0 Å². The molecule has 0 saturated carbocycles. The molecule has 0 aliphatic rings. The second-order valence-corrected chi connectivity index (χ2v) is 16.1. The Morgan fingerprint density at radius 3 is 1.05 bits per heavy atom. The van der Waals surface area contributed by atoms with Gasteiger partial charge in [0.05, 0.1) is 5.69 Å². The van der Waals surface area contributed by atoms with E-state index in [9.17, 15) is 28.8 Å². The lowest BCUT2D eigenvalue weighted by molar-refractivity contribution is 0.0679. The Bertz CT molecular complexity index is 3860. The molecule has 0 amide bonds. The van der Waals surface area contributed by atoms with E-state index in [1.54, 1.807) is 103 Å². The third-order valence-electron chi connectivity index (χ3n) is 10.4. The van der Waals surface area contributed by atoms with E-state index in [4.69, 9.17) is 30.6 Å². The molecular formula is C51H41N23O12. The minimum Gasteiger partial charge on any atom is -0.477 e. The lowest BCUT2D eigenvalue weighted by Gasteiger charge is -2.03. The summed E-state index contributed by atoms with van der Waals surface area (Å²) in [4.78, 5) is 125. The lowest BCUT2D eigenvalue weighted by atomic mass is 10.4. The molecule has 12 aromatic heterocycles. The van der Waals surface area contributed by atoms with Crippen molar-refractivity contribution < 1.29 is 59.4 Å². The van der Waals surface area contributed by atoms with Crippen LogP contribution in [0.3, 0.4) is 0 Å². The Morgan fingerprint density at radius 2 is 0.709 bits per heavy atom. The van der Waals surface area contributed by atoms with Gasteiger partial charge >= 0.3 is 35.8 Å². The van der Waals surface area contributed by atoms with Crippen LogP contribution < -0.4 is 0 Å². The minimum atomic E-state index is -1.08. The summed E-state index contributed by atoms with van der Waals surface area (Å²) in [5, 5.41) is 56.2. The summed E-state index contributed by atoms with van der Waals surface area (Å²) in [6.45, 7) is 3.65. The molecule has 0 aliphatic carbocycles. The van der Waals surface area contributed by atoms with Crippen molar-refractivity contribution in [2.24, 2.45) is 0 Å². The summed E-state index contributed by atoms with van der Waals surface area (Å²) in [6.07, 6.45) is 30.4. The highest BCUT2D eigenvalue weighted by atomic mass is 16.4. The van der Waals surface area contributed by atoms with E-state index in [1.165, 1.54) is 91.7 Å². The number of hydrogen-bond donors (Lipinski definition) is 6. The average Bonchev–Trinajstić information content (AvgIpc) is 4.46. The predicted molar refractivity (Wildman–Crippen MR) is 288 cm³/mol. The fourth-order valence-corrected chi connectivity index (χ4v) is 6.45. The van der Waals surface area contributed by atoms with Crippen LogP contribution in [-0.2, 0) is 0 Å². The van der Waals surface area contributed by atoms with Crippen molar-refractivity contribution in [2.45, 2.75) is 13.8 Å². The number of aryl methyl sites for hydroxylation is 2. The van der Waals surface area contributed by atoms with E-state index >= 15 is 0 Å². The maximum atomic E-state index is 10.7. The number of rotatable bonds is 12. The number of imidazole rings is 4. The van der Waals surface area contributed by atoms with E-state index in [1.807, 2.05) is 26.0 Å². The minimum absolute atomic E-state index is 0.0105. The van der Waals surface area contributed by atoms with Gasteiger partial charge in [-0.05, 0) is 32.0 Å². The number of carbonyl (C=O) groups is 6. The number of carboxylic acid groups (broad SMARTS) is 6. The Kier molecular flexibility index (Phi) is 20.5. The van der Waals surface area contributed by atoms with E-state index in [2.05, 4.69) is 84.8 Å². The normalized spacial score (nSPS) is 10.1. The number of hydrogen-bond acceptors (Lipinski definition) is 23. The van der Waals surface area contributed by atoms with Gasteiger partial charge in [0.15, 0.2) is 40.0 Å². The molecule has 0 unspecified atom stereocenters. The molecule has 6 N–H and O–H groups in total. The molecule has 432 valence electrons. The summed E-state index contributed by atoms with van der Waals surface area (Å²) < 4.78 is 9.72. The first-order valence-electron chi connectivity index (χ1n) is 23.9. The van der Waals surface area contributed by atoms with Gasteiger partial charge in [-0.3, -0.25) is 18.3 Å². The molecule has 12 aromatic rings. The molecule has 12 rings (SSSR count). The summed E-state index contributed by atoms with van der Waals surface area (Å²) in [5.41, 5.74) is 0.631. The Morgan fingerprint density at radius 1 is 0.337 bits per heavy atom. The number of aromatic carboxylic acids is 6. The third kappa shape index (κ3) is 17.1. The molecule has 0 radical (unpaired) electrons. The molecule has 0 fully saturated rings. The van der Waals surface area contributed by atoms with Crippen LogP contribution in [0, 0.1) is 13.8 Å². The molecule has 35 nitrogen and oxygen atoms in total. The third-order valence-corrected chi connectivity index (χ3v) is 10.4. The van der Waals surface area contributed by atoms with Crippen LogP contribution in [-0.4, -0.2) is 179 Å². The van der Waals surface area contributed by atoms with Crippen LogP contribution in [0.1, 0.15) is 74.4 Å². The van der Waals surface area contributed by atoms with Crippen LogP contribution in [0.2, 0.25) is 0 Å². The standard InChI is InChI=1S/2C9H8N4O2.C9H7N3O2.3C8H6N4O2/c1-6-3-13(5-12-6)8-2-7(9(14)15)10-4-11-8;1-6-10-2-3-13(6)8-4-7(9(14)15)11-5-12-8;13-9(14)7-5-8(11-6-10-7)12-3-1-2-4-12;2*13-8(14)6-3-7(11-4-10-6)12-2-1-9-5-12;13-8(14)6-4-7(10-5-9-6)12-3-1-2-11-12/h2*2-5H,1H3,(H,14,15);1-6H,(H,13,14);3*1-5H,(H,13,14). The van der Waals surface area contributed by atoms with Gasteiger partial charge in [0.2, 0.25) is 0 Å². The number of aromatic nitrogens is 23. The zero-order chi connectivity index (χ0) is 61.5. The van der Waals surface area contributed by atoms with Gasteiger partial charge in [-0.1, -0.05) is 0 Å². The zero-order valence-electron chi connectivity index (χ0n) is 44.2. The largest absolute Gasteiger partial charge is 0.477 e. The Balaban J connectivity index is 0.000000148. The number of carboxylic acids is 6. The fraction of sp³-hybridized carbons (Fsp3) is 0.0392. The summed E-state index contributed by atoms with van der Waals surface area (Å²) in [6, 6.07) is 13.7. The summed E-state index contributed by atoms with van der Waals surface area (Å²) in [7, 11) is 0. The second kappa shape index (κ2) is 29.2. The van der Waals surface area contributed by atoms with Crippen molar-refractivity contribution >= 4 is 35.8 Å². The smallest absolute Gasteiger partial charge is 0.354 e. The summed E-state index contributed by atoms with van der Waals surface area (Å²) in [5.74, 6) is -2.77.